The molecule has 0 fully saturated rings. The van der Waals surface area contributed by atoms with Crippen molar-refractivity contribution in [1.29, 1.82) is 0 Å². The van der Waals surface area contributed by atoms with Gasteiger partial charge >= 0.3 is 5.97 Å². The zero-order chi connectivity index (χ0) is 20.2. The Morgan fingerprint density at radius 2 is 1.93 bits per heavy atom. The van der Waals surface area contributed by atoms with Crippen molar-refractivity contribution < 1.29 is 18.7 Å². The summed E-state index contributed by atoms with van der Waals surface area (Å²) in [4.78, 5) is 16.6. The second-order valence-corrected chi connectivity index (χ2v) is 7.17. The normalized spacial score (nSPS) is 12.3. The first kappa shape index (κ1) is 18.8. The largest absolute Gasteiger partial charge is 0.497 e. The molecule has 0 saturated heterocycles. The quantitative estimate of drug-likeness (QED) is 0.339. The Kier molecular flexibility index (Phi) is 5.35. The third kappa shape index (κ3) is 4.33. The van der Waals surface area contributed by atoms with E-state index < -0.39 is 12.1 Å². The summed E-state index contributed by atoms with van der Waals surface area (Å²) in [6.07, 6.45) is 2.30. The van der Waals surface area contributed by atoms with Gasteiger partial charge in [-0.1, -0.05) is 12.1 Å². The van der Waals surface area contributed by atoms with Gasteiger partial charge in [0.15, 0.2) is 6.10 Å². The molecule has 7 nitrogen and oxygen atoms in total. The van der Waals surface area contributed by atoms with E-state index >= 15 is 0 Å². The Morgan fingerprint density at radius 1 is 1.14 bits per heavy atom. The lowest BCUT2D eigenvalue weighted by Gasteiger charge is -2.06. The van der Waals surface area contributed by atoms with E-state index in [2.05, 4.69) is 15.2 Å². The lowest BCUT2D eigenvalue weighted by molar-refractivity contribution is -0.143. The topological polar surface area (TPSA) is 87.3 Å². The molecule has 2 heterocycles. The fourth-order valence-electron chi connectivity index (χ4n) is 2.61. The van der Waals surface area contributed by atoms with Crippen LogP contribution in [0.15, 0.2) is 59.0 Å². The highest BCUT2D eigenvalue weighted by Gasteiger charge is 2.18. The fourth-order valence-corrected chi connectivity index (χ4v) is 3.48. The predicted molar refractivity (Wildman–Crippen MR) is 109 cm³/mol. The second kappa shape index (κ2) is 8.24. The highest BCUT2D eigenvalue weighted by molar-refractivity contribution is 7.19. The summed E-state index contributed by atoms with van der Waals surface area (Å²) in [5.41, 5.74) is 1.65. The van der Waals surface area contributed by atoms with E-state index in [0.717, 1.165) is 26.5 Å². The zero-order valence-electron chi connectivity index (χ0n) is 15.7. The average molecular weight is 407 g/mol. The van der Waals surface area contributed by atoms with E-state index in [4.69, 9.17) is 13.9 Å². The zero-order valence-corrected chi connectivity index (χ0v) is 16.6. The number of hydrogen-bond donors (Lipinski definition) is 0. The number of hydrogen-bond acceptors (Lipinski definition) is 8. The molecule has 2 aromatic heterocycles. The van der Waals surface area contributed by atoms with E-state index in [1.807, 2.05) is 36.4 Å². The number of ether oxygens (including phenoxy) is 2. The lowest BCUT2D eigenvalue weighted by atomic mass is 10.2. The van der Waals surface area contributed by atoms with Crippen molar-refractivity contribution >= 4 is 33.6 Å². The van der Waals surface area contributed by atoms with Gasteiger partial charge in [0.1, 0.15) is 10.8 Å². The second-order valence-electron chi connectivity index (χ2n) is 6.11. The van der Waals surface area contributed by atoms with E-state index in [9.17, 15) is 4.79 Å². The number of benzene rings is 2. The van der Waals surface area contributed by atoms with Crippen LogP contribution in [0, 0.1) is 0 Å². The van der Waals surface area contributed by atoms with E-state index in [0.29, 0.717) is 5.89 Å². The number of methoxy groups -OCH3 is 1. The SMILES string of the molecule is COc1ccc(-c2nnc([C@@H](C)OC(=O)/C=C/c3nc4ccccc4s3)o2)cc1. The minimum Gasteiger partial charge on any atom is -0.497 e. The number of fused-ring (bicyclic) bond motifs is 1. The highest BCUT2D eigenvalue weighted by atomic mass is 32.1. The van der Waals surface area contributed by atoms with E-state index in [1.165, 1.54) is 17.4 Å². The van der Waals surface area contributed by atoms with Crippen molar-refractivity contribution in [3.63, 3.8) is 0 Å². The van der Waals surface area contributed by atoms with Crippen molar-refractivity contribution in [1.82, 2.24) is 15.2 Å². The standard InChI is InChI=1S/C21H17N3O4S/c1-13(20-23-24-21(28-20)14-7-9-15(26-2)10-8-14)27-19(25)12-11-18-22-16-5-3-4-6-17(16)29-18/h3-13H,1-2H3/b12-11+/t13-/m1/s1. The van der Waals surface area contributed by atoms with Crippen LogP contribution >= 0.6 is 11.3 Å². The molecule has 0 bridgehead atoms. The van der Waals surface area contributed by atoms with Crippen molar-refractivity contribution in [3.8, 4) is 17.2 Å². The van der Waals surface area contributed by atoms with E-state index in [1.54, 1.807) is 32.2 Å². The molecule has 1 atom stereocenters. The number of carbonyl (C=O) groups excluding carboxylic acids is 1. The van der Waals surface area contributed by atoms with Gasteiger partial charge in [-0.3, -0.25) is 0 Å². The van der Waals surface area contributed by atoms with Gasteiger partial charge in [-0.2, -0.15) is 0 Å². The molecule has 8 heteroatoms. The first-order valence-corrected chi connectivity index (χ1v) is 9.66. The maximum atomic E-state index is 12.1. The summed E-state index contributed by atoms with van der Waals surface area (Å²) in [5.74, 6) is 0.782. The third-order valence-electron chi connectivity index (χ3n) is 4.09. The maximum Gasteiger partial charge on any atom is 0.331 e. The molecule has 29 heavy (non-hydrogen) atoms. The Bertz CT molecular complexity index is 1130. The monoisotopic (exact) mass is 407 g/mol. The van der Waals surface area contributed by atoms with Gasteiger partial charge in [0.05, 0.1) is 17.3 Å². The molecule has 0 N–H and O–H groups in total. The molecule has 0 aliphatic rings. The molecule has 0 aliphatic heterocycles. The summed E-state index contributed by atoms with van der Waals surface area (Å²) in [6.45, 7) is 1.68. The maximum absolute atomic E-state index is 12.1. The minimum atomic E-state index is -0.679. The third-order valence-corrected chi connectivity index (χ3v) is 5.09. The first-order chi connectivity index (χ1) is 14.1. The summed E-state index contributed by atoms with van der Waals surface area (Å²) in [5, 5.41) is 8.72. The Balaban J connectivity index is 1.40. The number of para-hydroxylation sites is 1. The minimum absolute atomic E-state index is 0.220. The molecule has 0 amide bonds. The number of nitrogens with zero attached hydrogens (tertiary/aromatic N) is 3. The smallest absolute Gasteiger partial charge is 0.331 e. The van der Waals surface area contributed by atoms with Crippen LogP contribution in [-0.4, -0.2) is 28.3 Å². The highest BCUT2D eigenvalue weighted by Crippen LogP contribution is 2.25. The summed E-state index contributed by atoms with van der Waals surface area (Å²) in [7, 11) is 1.60. The number of esters is 1. The van der Waals surface area contributed by atoms with Gasteiger partial charge in [0.2, 0.25) is 5.89 Å². The molecular weight excluding hydrogens is 390 g/mol. The van der Waals surface area contributed by atoms with Gasteiger partial charge in [0, 0.05) is 11.6 Å². The lowest BCUT2D eigenvalue weighted by Crippen LogP contribution is -2.06. The molecule has 0 aliphatic carbocycles. The van der Waals surface area contributed by atoms with Crippen LogP contribution in [0.25, 0.3) is 27.7 Å². The molecule has 0 saturated carbocycles. The van der Waals surface area contributed by atoms with Gasteiger partial charge < -0.3 is 13.9 Å². The van der Waals surface area contributed by atoms with Gasteiger partial charge in [-0.15, -0.1) is 21.5 Å². The Labute approximate surface area is 170 Å². The molecule has 0 radical (unpaired) electrons. The fraction of sp³-hybridized carbons (Fsp3) is 0.143. The van der Waals surface area contributed by atoms with Crippen LogP contribution < -0.4 is 4.74 Å². The molecule has 146 valence electrons. The summed E-state index contributed by atoms with van der Waals surface area (Å²) >= 11 is 1.50. The average Bonchev–Trinajstić information content (AvgIpc) is 3.39. The van der Waals surface area contributed by atoms with Gasteiger partial charge in [0.25, 0.3) is 5.89 Å². The van der Waals surface area contributed by atoms with Crippen molar-refractivity contribution in [2.24, 2.45) is 0 Å². The Morgan fingerprint density at radius 3 is 2.69 bits per heavy atom. The van der Waals surface area contributed by atoms with Crippen LogP contribution in [0.1, 0.15) is 23.9 Å². The molecule has 0 spiro atoms. The van der Waals surface area contributed by atoms with Gasteiger partial charge in [-0.25, -0.2) is 9.78 Å². The van der Waals surface area contributed by atoms with Gasteiger partial charge in [-0.05, 0) is 49.4 Å². The molecular formula is C21H17N3O4S. The van der Waals surface area contributed by atoms with Crippen LogP contribution in [0.4, 0.5) is 0 Å². The number of carbonyl (C=O) groups is 1. The number of rotatable bonds is 6. The number of aromatic nitrogens is 3. The van der Waals surface area contributed by atoms with Crippen molar-refractivity contribution in [2.75, 3.05) is 7.11 Å². The van der Waals surface area contributed by atoms with Crippen LogP contribution in [0.2, 0.25) is 0 Å². The van der Waals surface area contributed by atoms with E-state index in [-0.39, 0.29) is 5.89 Å². The number of thiazole rings is 1. The molecule has 2 aromatic carbocycles. The summed E-state index contributed by atoms with van der Waals surface area (Å²) in [6, 6.07) is 15.0. The van der Waals surface area contributed by atoms with Crippen molar-refractivity contribution in [3.05, 3.63) is 65.5 Å². The van der Waals surface area contributed by atoms with Crippen LogP contribution in [0.3, 0.4) is 0 Å². The van der Waals surface area contributed by atoms with Crippen molar-refractivity contribution in [2.45, 2.75) is 13.0 Å². The molecule has 4 aromatic rings. The molecule has 0 unspecified atom stereocenters. The van der Waals surface area contributed by atoms with Crippen LogP contribution in [-0.2, 0) is 9.53 Å². The molecule has 4 rings (SSSR count). The first-order valence-electron chi connectivity index (χ1n) is 8.84. The van der Waals surface area contributed by atoms with Crippen LogP contribution in [0.5, 0.6) is 5.75 Å². The summed E-state index contributed by atoms with van der Waals surface area (Å²) < 4.78 is 17.2. The Hall–Kier alpha value is -3.52. The predicted octanol–water partition coefficient (Wildman–Crippen LogP) is 4.67.